The molecule has 1 aromatic rings. The molecule has 104 valence electrons. The summed E-state index contributed by atoms with van der Waals surface area (Å²) in [6, 6.07) is 3.88. The Morgan fingerprint density at radius 1 is 1.58 bits per heavy atom. The van der Waals surface area contributed by atoms with E-state index < -0.39 is 0 Å². The smallest absolute Gasteiger partial charge is 0.246 e. The second-order valence-corrected chi connectivity index (χ2v) is 4.61. The number of hydrogen-bond acceptors (Lipinski definition) is 4. The van der Waals surface area contributed by atoms with Gasteiger partial charge in [0, 0.05) is 25.5 Å². The molecule has 1 amide bonds. The van der Waals surface area contributed by atoms with Crippen LogP contribution in [0.1, 0.15) is 18.4 Å². The highest BCUT2D eigenvalue weighted by Crippen LogP contribution is 2.11. The summed E-state index contributed by atoms with van der Waals surface area (Å²) >= 11 is 0. The van der Waals surface area contributed by atoms with Crippen LogP contribution in [0.4, 0.5) is 0 Å². The molecule has 2 heterocycles. The fraction of sp³-hybridized carbons (Fsp3) is 0.571. The Morgan fingerprint density at radius 3 is 3.26 bits per heavy atom. The largest absolute Gasteiger partial charge is 0.376 e. The van der Waals surface area contributed by atoms with Crippen LogP contribution in [0, 0.1) is 0 Å². The second kappa shape index (κ2) is 7.86. The number of hydrogen-bond donors (Lipinski definition) is 1. The van der Waals surface area contributed by atoms with Crippen molar-refractivity contribution in [3.63, 3.8) is 0 Å². The first-order valence-corrected chi connectivity index (χ1v) is 6.69. The van der Waals surface area contributed by atoms with Gasteiger partial charge in [0.2, 0.25) is 5.91 Å². The van der Waals surface area contributed by atoms with Crippen LogP contribution in [0.25, 0.3) is 0 Å². The van der Waals surface area contributed by atoms with E-state index in [4.69, 9.17) is 9.47 Å². The molecule has 0 saturated carbocycles. The number of amides is 1. The molecule has 2 rings (SSSR count). The SMILES string of the molecule is O=C(COCC1CCCO1)NCCc1cccnc1. The van der Waals surface area contributed by atoms with Gasteiger partial charge < -0.3 is 14.8 Å². The van der Waals surface area contributed by atoms with Crippen molar-refractivity contribution >= 4 is 5.91 Å². The van der Waals surface area contributed by atoms with Crippen molar-refractivity contribution in [1.82, 2.24) is 10.3 Å². The average molecular weight is 264 g/mol. The van der Waals surface area contributed by atoms with E-state index in [0.29, 0.717) is 13.2 Å². The number of rotatable bonds is 7. The quantitative estimate of drug-likeness (QED) is 0.796. The van der Waals surface area contributed by atoms with Crippen LogP contribution in [0.15, 0.2) is 24.5 Å². The zero-order chi connectivity index (χ0) is 13.3. The molecule has 5 nitrogen and oxygen atoms in total. The molecule has 1 atom stereocenters. The lowest BCUT2D eigenvalue weighted by Gasteiger charge is -2.10. The molecule has 1 fully saturated rings. The molecule has 0 aromatic carbocycles. The number of carbonyl (C=O) groups is 1. The molecule has 1 saturated heterocycles. The van der Waals surface area contributed by atoms with Gasteiger partial charge in [0.25, 0.3) is 0 Å². The van der Waals surface area contributed by atoms with E-state index in [1.54, 1.807) is 12.4 Å². The molecule has 5 heteroatoms. The van der Waals surface area contributed by atoms with Crippen molar-refractivity contribution in [3.8, 4) is 0 Å². The number of carbonyl (C=O) groups excluding carboxylic acids is 1. The number of nitrogens with zero attached hydrogens (tertiary/aromatic N) is 1. The van der Waals surface area contributed by atoms with Gasteiger partial charge in [-0.1, -0.05) is 6.07 Å². The fourth-order valence-electron chi connectivity index (χ4n) is 2.00. The summed E-state index contributed by atoms with van der Waals surface area (Å²) in [6.07, 6.45) is 6.61. The van der Waals surface area contributed by atoms with E-state index in [0.717, 1.165) is 31.4 Å². The van der Waals surface area contributed by atoms with Crippen molar-refractivity contribution in [1.29, 1.82) is 0 Å². The van der Waals surface area contributed by atoms with Crippen LogP contribution in [0.2, 0.25) is 0 Å². The highest BCUT2D eigenvalue weighted by Gasteiger charge is 2.15. The predicted octanol–water partition coefficient (Wildman–Crippen LogP) is 0.936. The van der Waals surface area contributed by atoms with E-state index in [9.17, 15) is 4.79 Å². The van der Waals surface area contributed by atoms with E-state index >= 15 is 0 Å². The molecule has 19 heavy (non-hydrogen) atoms. The van der Waals surface area contributed by atoms with E-state index in [1.807, 2.05) is 12.1 Å². The summed E-state index contributed by atoms with van der Waals surface area (Å²) in [6.45, 7) is 2.03. The Morgan fingerprint density at radius 2 is 2.53 bits per heavy atom. The highest BCUT2D eigenvalue weighted by atomic mass is 16.5. The summed E-state index contributed by atoms with van der Waals surface area (Å²) in [5.41, 5.74) is 1.11. The van der Waals surface area contributed by atoms with Crippen molar-refractivity contribution in [2.45, 2.75) is 25.4 Å². The van der Waals surface area contributed by atoms with E-state index in [-0.39, 0.29) is 18.6 Å². The lowest BCUT2D eigenvalue weighted by molar-refractivity contribution is -0.126. The Balaban J connectivity index is 1.52. The van der Waals surface area contributed by atoms with Gasteiger partial charge in [-0.05, 0) is 30.9 Å². The van der Waals surface area contributed by atoms with Gasteiger partial charge in [-0.25, -0.2) is 0 Å². The van der Waals surface area contributed by atoms with Crippen LogP contribution in [-0.2, 0) is 20.7 Å². The first-order chi connectivity index (χ1) is 9.34. The molecule has 0 aliphatic carbocycles. The first-order valence-electron chi connectivity index (χ1n) is 6.69. The van der Waals surface area contributed by atoms with Gasteiger partial charge >= 0.3 is 0 Å². The van der Waals surface area contributed by atoms with Crippen LogP contribution in [0.3, 0.4) is 0 Å². The van der Waals surface area contributed by atoms with Crippen molar-refractivity contribution in [2.75, 3.05) is 26.4 Å². The molecule has 0 spiro atoms. The molecule has 1 aliphatic rings. The fourth-order valence-corrected chi connectivity index (χ4v) is 2.00. The molecule has 1 unspecified atom stereocenters. The van der Waals surface area contributed by atoms with Crippen LogP contribution >= 0.6 is 0 Å². The number of pyridine rings is 1. The highest BCUT2D eigenvalue weighted by molar-refractivity contribution is 5.77. The number of nitrogens with one attached hydrogen (secondary N) is 1. The average Bonchev–Trinajstić information content (AvgIpc) is 2.93. The maximum atomic E-state index is 11.5. The Labute approximate surface area is 113 Å². The minimum Gasteiger partial charge on any atom is -0.376 e. The number of ether oxygens (including phenoxy) is 2. The molecule has 1 aromatic heterocycles. The summed E-state index contributed by atoms with van der Waals surface area (Å²) in [5.74, 6) is -0.0816. The minimum absolute atomic E-state index is 0.0816. The molecule has 0 bridgehead atoms. The second-order valence-electron chi connectivity index (χ2n) is 4.61. The zero-order valence-electron chi connectivity index (χ0n) is 11.0. The summed E-state index contributed by atoms with van der Waals surface area (Å²) in [4.78, 5) is 15.5. The standard InChI is InChI=1S/C14H20N2O3/c17-14(11-18-10-13-4-2-8-19-13)16-7-5-12-3-1-6-15-9-12/h1,3,6,9,13H,2,4-5,7-8,10-11H2,(H,16,17). The van der Waals surface area contributed by atoms with Crippen molar-refractivity contribution in [3.05, 3.63) is 30.1 Å². The Hall–Kier alpha value is -1.46. The predicted molar refractivity (Wildman–Crippen MR) is 70.7 cm³/mol. The zero-order valence-corrected chi connectivity index (χ0v) is 11.0. The Kier molecular flexibility index (Phi) is 5.78. The van der Waals surface area contributed by atoms with Gasteiger partial charge in [0.1, 0.15) is 6.61 Å². The first kappa shape index (κ1) is 14.0. The van der Waals surface area contributed by atoms with Crippen LogP contribution < -0.4 is 5.32 Å². The minimum atomic E-state index is -0.0816. The summed E-state index contributed by atoms with van der Waals surface area (Å²) in [7, 11) is 0. The Bertz CT molecular complexity index is 378. The van der Waals surface area contributed by atoms with E-state index in [1.165, 1.54) is 0 Å². The van der Waals surface area contributed by atoms with Crippen molar-refractivity contribution < 1.29 is 14.3 Å². The van der Waals surface area contributed by atoms with Crippen LogP contribution in [-0.4, -0.2) is 43.4 Å². The topological polar surface area (TPSA) is 60.5 Å². The van der Waals surface area contributed by atoms with Crippen molar-refractivity contribution in [2.24, 2.45) is 0 Å². The summed E-state index contributed by atoms with van der Waals surface area (Å²) < 4.78 is 10.7. The molecule has 1 N–H and O–H groups in total. The van der Waals surface area contributed by atoms with E-state index in [2.05, 4.69) is 10.3 Å². The molecular formula is C14H20N2O3. The molecule has 1 aliphatic heterocycles. The van der Waals surface area contributed by atoms with Gasteiger partial charge in [0.15, 0.2) is 0 Å². The third kappa shape index (κ3) is 5.36. The lowest BCUT2D eigenvalue weighted by atomic mass is 10.2. The van der Waals surface area contributed by atoms with Crippen LogP contribution in [0.5, 0.6) is 0 Å². The van der Waals surface area contributed by atoms with Gasteiger partial charge in [-0.3, -0.25) is 9.78 Å². The normalized spacial score (nSPS) is 18.4. The summed E-state index contributed by atoms with van der Waals surface area (Å²) in [5, 5.41) is 2.82. The molecule has 0 radical (unpaired) electrons. The monoisotopic (exact) mass is 264 g/mol. The molecular weight excluding hydrogens is 244 g/mol. The lowest BCUT2D eigenvalue weighted by Crippen LogP contribution is -2.30. The number of aromatic nitrogens is 1. The van der Waals surface area contributed by atoms with Gasteiger partial charge in [-0.2, -0.15) is 0 Å². The third-order valence-electron chi connectivity index (χ3n) is 3.02. The maximum absolute atomic E-state index is 11.5. The van der Waals surface area contributed by atoms with Gasteiger partial charge in [-0.15, -0.1) is 0 Å². The maximum Gasteiger partial charge on any atom is 0.246 e. The van der Waals surface area contributed by atoms with Gasteiger partial charge in [0.05, 0.1) is 12.7 Å². The third-order valence-corrected chi connectivity index (χ3v) is 3.02.